The fraction of sp³-hybridized carbons (Fsp3) is 0.533. The van der Waals surface area contributed by atoms with Gasteiger partial charge < -0.3 is 15.4 Å². The number of ether oxygens (including phenoxy) is 1. The molecular weight excluding hydrogens is 272 g/mol. The SMILES string of the molecule is CN(Cc1csc(C#CCN)c1)C(=O)C1CCCCO1. The molecule has 1 atom stereocenters. The number of carbonyl (C=O) groups is 1. The van der Waals surface area contributed by atoms with Gasteiger partial charge in [0.2, 0.25) is 0 Å². The summed E-state index contributed by atoms with van der Waals surface area (Å²) in [5.41, 5.74) is 6.45. The van der Waals surface area contributed by atoms with Crippen molar-refractivity contribution in [1.29, 1.82) is 0 Å². The number of amides is 1. The highest BCUT2D eigenvalue weighted by atomic mass is 32.1. The van der Waals surface area contributed by atoms with E-state index in [-0.39, 0.29) is 12.0 Å². The minimum absolute atomic E-state index is 0.0745. The number of carbonyl (C=O) groups excluding carboxylic acids is 1. The van der Waals surface area contributed by atoms with Gasteiger partial charge in [0.25, 0.3) is 5.91 Å². The van der Waals surface area contributed by atoms with Crippen molar-refractivity contribution < 1.29 is 9.53 Å². The highest BCUT2D eigenvalue weighted by Crippen LogP contribution is 2.18. The minimum Gasteiger partial charge on any atom is -0.368 e. The molecule has 1 saturated heterocycles. The Morgan fingerprint density at radius 3 is 3.15 bits per heavy atom. The summed E-state index contributed by atoms with van der Waals surface area (Å²) in [4.78, 5) is 15.0. The van der Waals surface area contributed by atoms with Crippen LogP contribution >= 0.6 is 11.3 Å². The smallest absolute Gasteiger partial charge is 0.251 e. The lowest BCUT2D eigenvalue weighted by atomic mass is 10.1. The van der Waals surface area contributed by atoms with E-state index in [2.05, 4.69) is 11.8 Å². The monoisotopic (exact) mass is 292 g/mol. The van der Waals surface area contributed by atoms with E-state index in [4.69, 9.17) is 10.5 Å². The molecule has 0 aromatic carbocycles. The van der Waals surface area contributed by atoms with Crippen molar-refractivity contribution in [3.63, 3.8) is 0 Å². The van der Waals surface area contributed by atoms with Gasteiger partial charge in [-0.25, -0.2) is 0 Å². The van der Waals surface area contributed by atoms with Crippen LogP contribution in [-0.4, -0.2) is 37.1 Å². The van der Waals surface area contributed by atoms with Crippen molar-refractivity contribution in [2.75, 3.05) is 20.2 Å². The predicted molar refractivity (Wildman–Crippen MR) is 80.3 cm³/mol. The minimum atomic E-state index is -0.260. The van der Waals surface area contributed by atoms with Gasteiger partial charge in [0.15, 0.2) is 0 Å². The molecule has 0 saturated carbocycles. The Morgan fingerprint density at radius 2 is 2.45 bits per heavy atom. The molecule has 1 aromatic rings. The molecule has 0 radical (unpaired) electrons. The first-order chi connectivity index (χ1) is 9.70. The Bertz CT molecular complexity index is 509. The van der Waals surface area contributed by atoms with Crippen molar-refractivity contribution in [2.24, 2.45) is 5.73 Å². The molecule has 2 heterocycles. The van der Waals surface area contributed by atoms with Crippen molar-refractivity contribution >= 4 is 17.2 Å². The van der Waals surface area contributed by atoms with Gasteiger partial charge in [-0.1, -0.05) is 11.8 Å². The van der Waals surface area contributed by atoms with E-state index in [1.807, 2.05) is 18.5 Å². The van der Waals surface area contributed by atoms with E-state index in [0.29, 0.717) is 19.7 Å². The van der Waals surface area contributed by atoms with E-state index >= 15 is 0 Å². The molecule has 4 nitrogen and oxygen atoms in total. The molecule has 1 aromatic heterocycles. The molecule has 1 amide bonds. The molecule has 0 aliphatic carbocycles. The van der Waals surface area contributed by atoms with Crippen molar-refractivity contribution in [2.45, 2.75) is 31.9 Å². The Morgan fingerprint density at radius 1 is 1.60 bits per heavy atom. The van der Waals surface area contributed by atoms with Gasteiger partial charge in [-0.15, -0.1) is 11.3 Å². The first-order valence-electron chi connectivity index (χ1n) is 6.83. The maximum atomic E-state index is 12.2. The number of likely N-dealkylation sites (N-methyl/N-ethyl adjacent to an activating group) is 1. The van der Waals surface area contributed by atoms with E-state index in [1.54, 1.807) is 16.2 Å². The van der Waals surface area contributed by atoms with Crippen LogP contribution in [0.1, 0.15) is 29.7 Å². The summed E-state index contributed by atoms with van der Waals surface area (Å²) >= 11 is 1.58. The zero-order chi connectivity index (χ0) is 14.4. The van der Waals surface area contributed by atoms with Crippen LogP contribution < -0.4 is 5.73 Å². The average molecular weight is 292 g/mol. The summed E-state index contributed by atoms with van der Waals surface area (Å²) in [6, 6.07) is 2.01. The van der Waals surface area contributed by atoms with Crippen LogP contribution in [0.2, 0.25) is 0 Å². The summed E-state index contributed by atoms with van der Waals surface area (Å²) < 4.78 is 5.53. The lowest BCUT2D eigenvalue weighted by Gasteiger charge is -2.26. The van der Waals surface area contributed by atoms with E-state index in [0.717, 1.165) is 29.7 Å². The van der Waals surface area contributed by atoms with Gasteiger partial charge >= 0.3 is 0 Å². The standard InChI is InChI=1S/C15H20N2O2S/c1-17(15(18)14-6-2-3-8-19-14)10-12-9-13(20-11-12)5-4-7-16/h9,11,14H,2-3,6-8,10,16H2,1H3. The fourth-order valence-corrected chi connectivity index (χ4v) is 2.97. The molecule has 1 aliphatic heterocycles. The summed E-state index contributed by atoms with van der Waals surface area (Å²) in [5.74, 6) is 5.91. The third kappa shape index (κ3) is 4.07. The van der Waals surface area contributed by atoms with Crippen molar-refractivity contribution in [3.8, 4) is 11.8 Å². The lowest BCUT2D eigenvalue weighted by molar-refractivity contribution is -0.145. The average Bonchev–Trinajstić information content (AvgIpc) is 2.92. The molecule has 5 heteroatoms. The zero-order valence-corrected chi connectivity index (χ0v) is 12.5. The Balaban J connectivity index is 1.91. The van der Waals surface area contributed by atoms with E-state index in [9.17, 15) is 4.79 Å². The number of hydrogen-bond acceptors (Lipinski definition) is 4. The summed E-state index contributed by atoms with van der Waals surface area (Å²) in [5, 5.41) is 2.03. The number of hydrogen-bond donors (Lipinski definition) is 1. The molecule has 0 spiro atoms. The highest BCUT2D eigenvalue weighted by Gasteiger charge is 2.24. The maximum absolute atomic E-state index is 12.2. The normalized spacial score (nSPS) is 18.2. The van der Waals surface area contributed by atoms with Crippen LogP contribution in [0.3, 0.4) is 0 Å². The second-order valence-electron chi connectivity index (χ2n) is 4.87. The molecule has 0 bridgehead atoms. The second-order valence-corrected chi connectivity index (χ2v) is 5.79. The number of nitrogens with zero attached hydrogens (tertiary/aromatic N) is 1. The summed E-state index contributed by atoms with van der Waals surface area (Å²) in [7, 11) is 1.82. The Labute approximate surface area is 123 Å². The van der Waals surface area contributed by atoms with Crippen LogP contribution in [0.5, 0.6) is 0 Å². The van der Waals surface area contributed by atoms with E-state index < -0.39 is 0 Å². The number of nitrogens with two attached hydrogens (primary N) is 1. The topological polar surface area (TPSA) is 55.6 Å². The molecule has 1 unspecified atom stereocenters. The van der Waals surface area contributed by atoms with Crippen LogP contribution in [-0.2, 0) is 16.1 Å². The second kappa shape index (κ2) is 7.44. The molecule has 2 N–H and O–H groups in total. The molecule has 20 heavy (non-hydrogen) atoms. The van der Waals surface area contributed by atoms with Crippen molar-refractivity contribution in [1.82, 2.24) is 4.90 Å². The van der Waals surface area contributed by atoms with Crippen LogP contribution in [0.25, 0.3) is 0 Å². The molecule has 2 rings (SSSR count). The number of rotatable bonds is 3. The highest BCUT2D eigenvalue weighted by molar-refractivity contribution is 7.10. The lowest BCUT2D eigenvalue weighted by Crippen LogP contribution is -2.39. The van der Waals surface area contributed by atoms with Gasteiger partial charge in [0, 0.05) is 20.2 Å². The first-order valence-corrected chi connectivity index (χ1v) is 7.71. The van der Waals surface area contributed by atoms with Crippen LogP contribution in [0.4, 0.5) is 0 Å². The molecule has 1 fully saturated rings. The van der Waals surface area contributed by atoms with Gasteiger partial charge in [-0.2, -0.15) is 0 Å². The first kappa shape index (κ1) is 15.0. The maximum Gasteiger partial charge on any atom is 0.251 e. The Hall–Kier alpha value is -1.35. The summed E-state index contributed by atoms with van der Waals surface area (Å²) in [6.45, 7) is 1.66. The van der Waals surface area contributed by atoms with Crippen LogP contribution in [0.15, 0.2) is 11.4 Å². The molecule has 108 valence electrons. The van der Waals surface area contributed by atoms with Gasteiger partial charge in [0.05, 0.1) is 11.4 Å². The fourth-order valence-electron chi connectivity index (χ4n) is 2.20. The van der Waals surface area contributed by atoms with E-state index in [1.165, 1.54) is 0 Å². The van der Waals surface area contributed by atoms with Gasteiger partial charge in [-0.05, 0) is 36.3 Å². The largest absolute Gasteiger partial charge is 0.368 e. The predicted octanol–water partition coefficient (Wildman–Crippen LogP) is 1.59. The zero-order valence-electron chi connectivity index (χ0n) is 11.7. The third-order valence-electron chi connectivity index (χ3n) is 3.22. The Kier molecular flexibility index (Phi) is 5.60. The number of thiophene rings is 1. The summed E-state index contributed by atoms with van der Waals surface area (Å²) in [6.07, 6.45) is 2.70. The van der Waals surface area contributed by atoms with Gasteiger partial charge in [0.1, 0.15) is 6.10 Å². The molecular formula is C15H20N2O2S. The molecule has 1 aliphatic rings. The van der Waals surface area contributed by atoms with Crippen LogP contribution in [0, 0.1) is 11.8 Å². The van der Waals surface area contributed by atoms with Crippen molar-refractivity contribution in [3.05, 3.63) is 21.9 Å². The quantitative estimate of drug-likeness (QED) is 0.861. The third-order valence-corrected chi connectivity index (χ3v) is 4.11. The van der Waals surface area contributed by atoms with Gasteiger partial charge in [-0.3, -0.25) is 4.79 Å².